The fraction of sp³-hybridized carbons (Fsp3) is 0.333. The second kappa shape index (κ2) is 4.09. The first-order valence-corrected chi connectivity index (χ1v) is 6.14. The van der Waals surface area contributed by atoms with E-state index in [1.54, 1.807) is 14.2 Å². The second-order valence-corrected chi connectivity index (χ2v) is 4.69. The number of aromatic nitrogens is 1. The number of ether oxygens (including phenoxy) is 2. The summed E-state index contributed by atoms with van der Waals surface area (Å²) in [6.45, 7) is 3.14. The molecular formula is C15H17NO2. The Hall–Kier alpha value is -1.90. The van der Waals surface area contributed by atoms with E-state index in [1.807, 2.05) is 0 Å². The fourth-order valence-electron chi connectivity index (χ4n) is 2.78. The zero-order chi connectivity index (χ0) is 12.7. The van der Waals surface area contributed by atoms with Gasteiger partial charge < -0.3 is 14.0 Å². The van der Waals surface area contributed by atoms with Crippen LogP contribution in [-0.2, 0) is 6.54 Å². The van der Waals surface area contributed by atoms with Crippen LogP contribution in [-0.4, -0.2) is 18.8 Å². The Kier molecular flexibility index (Phi) is 2.54. The molecule has 0 bridgehead atoms. The maximum Gasteiger partial charge on any atom is 0.161 e. The highest BCUT2D eigenvalue weighted by atomic mass is 16.5. The van der Waals surface area contributed by atoms with Crippen LogP contribution < -0.4 is 9.47 Å². The molecule has 2 aromatic rings. The molecule has 2 heterocycles. The van der Waals surface area contributed by atoms with Crippen molar-refractivity contribution in [3.05, 3.63) is 47.3 Å². The minimum Gasteiger partial charge on any atom is -0.493 e. The maximum absolute atomic E-state index is 5.39. The molecule has 1 aliphatic rings. The smallest absolute Gasteiger partial charge is 0.161 e. The summed E-state index contributed by atoms with van der Waals surface area (Å²) < 4.78 is 13.1. The summed E-state index contributed by atoms with van der Waals surface area (Å²) in [6, 6.07) is 8.49. The van der Waals surface area contributed by atoms with Gasteiger partial charge in [0.05, 0.1) is 14.2 Å². The Morgan fingerprint density at radius 3 is 2.61 bits per heavy atom. The highest BCUT2D eigenvalue weighted by Crippen LogP contribution is 2.39. The van der Waals surface area contributed by atoms with Gasteiger partial charge in [0.25, 0.3) is 0 Å². The molecule has 0 saturated heterocycles. The number of hydrogen-bond donors (Lipinski definition) is 0. The number of methoxy groups -OCH3 is 2. The summed E-state index contributed by atoms with van der Waals surface area (Å²) in [4.78, 5) is 0. The van der Waals surface area contributed by atoms with E-state index in [1.165, 1.54) is 16.8 Å². The monoisotopic (exact) mass is 243 g/mol. The van der Waals surface area contributed by atoms with Gasteiger partial charge >= 0.3 is 0 Å². The molecule has 0 radical (unpaired) electrons. The van der Waals surface area contributed by atoms with E-state index in [2.05, 4.69) is 42.0 Å². The van der Waals surface area contributed by atoms with Gasteiger partial charge in [-0.3, -0.25) is 0 Å². The van der Waals surface area contributed by atoms with Crippen LogP contribution in [0.1, 0.15) is 29.7 Å². The van der Waals surface area contributed by atoms with E-state index in [9.17, 15) is 0 Å². The number of hydrogen-bond acceptors (Lipinski definition) is 2. The molecular weight excluding hydrogens is 226 g/mol. The van der Waals surface area contributed by atoms with Crippen LogP contribution in [0.2, 0.25) is 0 Å². The highest BCUT2D eigenvalue weighted by molar-refractivity contribution is 5.51. The van der Waals surface area contributed by atoms with Gasteiger partial charge in [0.1, 0.15) is 0 Å². The van der Waals surface area contributed by atoms with E-state index in [0.29, 0.717) is 5.92 Å². The molecule has 1 aliphatic heterocycles. The van der Waals surface area contributed by atoms with Gasteiger partial charge in [-0.05, 0) is 35.4 Å². The molecule has 0 spiro atoms. The average molecular weight is 243 g/mol. The summed E-state index contributed by atoms with van der Waals surface area (Å²) in [5.74, 6) is 2.01. The largest absolute Gasteiger partial charge is 0.493 e. The van der Waals surface area contributed by atoms with Crippen molar-refractivity contribution >= 4 is 0 Å². The van der Waals surface area contributed by atoms with Gasteiger partial charge in [-0.25, -0.2) is 0 Å². The summed E-state index contributed by atoms with van der Waals surface area (Å²) in [5.41, 5.74) is 4.00. The summed E-state index contributed by atoms with van der Waals surface area (Å²) in [7, 11) is 3.36. The third-order valence-electron chi connectivity index (χ3n) is 3.76. The SMILES string of the molecule is COc1cc2c(cc1OC)C(C)c1cccn1C2. The molecule has 0 saturated carbocycles. The third-order valence-corrected chi connectivity index (χ3v) is 3.76. The van der Waals surface area contributed by atoms with Crippen molar-refractivity contribution in [1.82, 2.24) is 4.57 Å². The third kappa shape index (κ3) is 1.50. The van der Waals surface area contributed by atoms with Crippen LogP contribution in [0.15, 0.2) is 30.5 Å². The van der Waals surface area contributed by atoms with Crippen molar-refractivity contribution in [1.29, 1.82) is 0 Å². The van der Waals surface area contributed by atoms with Crippen LogP contribution in [0.5, 0.6) is 11.5 Å². The van der Waals surface area contributed by atoms with Crippen LogP contribution in [0.4, 0.5) is 0 Å². The minimum absolute atomic E-state index is 0.392. The number of nitrogens with zero attached hydrogens (tertiary/aromatic N) is 1. The van der Waals surface area contributed by atoms with Crippen LogP contribution in [0.25, 0.3) is 0 Å². The van der Waals surface area contributed by atoms with Crippen molar-refractivity contribution in [2.75, 3.05) is 14.2 Å². The first-order valence-electron chi connectivity index (χ1n) is 6.14. The standard InChI is InChI=1S/C15H17NO2/c1-10-12-8-15(18-3)14(17-2)7-11(12)9-16-6-4-5-13(10)16/h4-8,10H,9H2,1-3H3. The van der Waals surface area contributed by atoms with Gasteiger partial charge in [-0.2, -0.15) is 0 Å². The average Bonchev–Trinajstić information content (AvgIpc) is 2.86. The Balaban J connectivity index is 2.15. The van der Waals surface area contributed by atoms with Crippen molar-refractivity contribution in [2.45, 2.75) is 19.4 Å². The molecule has 18 heavy (non-hydrogen) atoms. The number of fused-ring (bicyclic) bond motifs is 2. The second-order valence-electron chi connectivity index (χ2n) is 4.69. The zero-order valence-electron chi connectivity index (χ0n) is 10.9. The van der Waals surface area contributed by atoms with Gasteiger partial charge in [-0.15, -0.1) is 0 Å². The lowest BCUT2D eigenvalue weighted by Gasteiger charge is -2.26. The van der Waals surface area contributed by atoms with E-state index in [4.69, 9.17) is 9.47 Å². The Labute approximate surface area is 107 Å². The Bertz CT molecular complexity index is 586. The van der Waals surface area contributed by atoms with Gasteiger partial charge in [-0.1, -0.05) is 6.92 Å². The van der Waals surface area contributed by atoms with Crippen molar-refractivity contribution in [2.24, 2.45) is 0 Å². The number of rotatable bonds is 2. The molecule has 0 amide bonds. The first kappa shape index (κ1) is 11.2. The van der Waals surface area contributed by atoms with Crippen molar-refractivity contribution in [3.8, 4) is 11.5 Å². The number of benzene rings is 1. The van der Waals surface area contributed by atoms with Crippen LogP contribution >= 0.6 is 0 Å². The van der Waals surface area contributed by atoms with Crippen molar-refractivity contribution < 1.29 is 9.47 Å². The lowest BCUT2D eigenvalue weighted by atomic mass is 9.89. The molecule has 1 aromatic carbocycles. The molecule has 0 N–H and O–H groups in total. The minimum atomic E-state index is 0.392. The van der Waals surface area contributed by atoms with Crippen LogP contribution in [0.3, 0.4) is 0 Å². The summed E-state index contributed by atoms with van der Waals surface area (Å²) >= 11 is 0. The molecule has 1 aromatic heterocycles. The predicted molar refractivity (Wildman–Crippen MR) is 70.6 cm³/mol. The van der Waals surface area contributed by atoms with Gasteiger partial charge in [0.15, 0.2) is 11.5 Å². The molecule has 0 aliphatic carbocycles. The van der Waals surface area contributed by atoms with E-state index >= 15 is 0 Å². The van der Waals surface area contributed by atoms with Crippen LogP contribution in [0, 0.1) is 0 Å². The van der Waals surface area contributed by atoms with E-state index in [-0.39, 0.29) is 0 Å². The lowest BCUT2D eigenvalue weighted by Crippen LogP contribution is -2.16. The van der Waals surface area contributed by atoms with E-state index in [0.717, 1.165) is 18.0 Å². The molecule has 3 nitrogen and oxygen atoms in total. The zero-order valence-corrected chi connectivity index (χ0v) is 10.9. The summed E-state index contributed by atoms with van der Waals surface area (Å²) in [6.07, 6.45) is 2.13. The fourth-order valence-corrected chi connectivity index (χ4v) is 2.78. The molecule has 0 fully saturated rings. The molecule has 3 rings (SSSR count). The van der Waals surface area contributed by atoms with Gasteiger partial charge in [0.2, 0.25) is 0 Å². The normalized spacial score (nSPS) is 16.9. The van der Waals surface area contributed by atoms with E-state index < -0.39 is 0 Å². The molecule has 1 unspecified atom stereocenters. The quantitative estimate of drug-likeness (QED) is 0.809. The Morgan fingerprint density at radius 1 is 1.17 bits per heavy atom. The summed E-state index contributed by atoms with van der Waals surface area (Å²) in [5, 5.41) is 0. The highest BCUT2D eigenvalue weighted by Gasteiger charge is 2.23. The topological polar surface area (TPSA) is 23.4 Å². The molecule has 1 atom stereocenters. The molecule has 3 heteroatoms. The molecule has 94 valence electrons. The van der Waals surface area contributed by atoms with Crippen molar-refractivity contribution in [3.63, 3.8) is 0 Å². The Morgan fingerprint density at radius 2 is 1.89 bits per heavy atom. The first-order chi connectivity index (χ1) is 8.74. The van der Waals surface area contributed by atoms with Gasteiger partial charge in [0, 0.05) is 24.4 Å². The maximum atomic E-state index is 5.39. The predicted octanol–water partition coefficient (Wildman–Crippen LogP) is 3.02. The lowest BCUT2D eigenvalue weighted by molar-refractivity contribution is 0.353.